The first kappa shape index (κ1) is 15.1. The SMILES string of the molecule is CCCCCCCC(=O)Oc1ccccc1[N+](=O)[O-]. The van der Waals surface area contributed by atoms with Gasteiger partial charge in [-0.25, -0.2) is 0 Å². The van der Waals surface area contributed by atoms with E-state index in [1.165, 1.54) is 18.6 Å². The second kappa shape index (κ2) is 8.24. The quantitative estimate of drug-likeness (QED) is 0.235. The van der Waals surface area contributed by atoms with Gasteiger partial charge in [0.05, 0.1) is 4.92 Å². The molecule has 1 aromatic carbocycles. The number of nitrogens with zero attached hydrogens (tertiary/aromatic N) is 1. The van der Waals surface area contributed by atoms with Crippen molar-refractivity contribution in [2.75, 3.05) is 0 Å². The minimum absolute atomic E-state index is 0.0195. The molecular weight excluding hydrogens is 246 g/mol. The average molecular weight is 265 g/mol. The van der Waals surface area contributed by atoms with Crippen LogP contribution >= 0.6 is 0 Å². The fraction of sp³-hybridized carbons (Fsp3) is 0.500. The van der Waals surface area contributed by atoms with Gasteiger partial charge < -0.3 is 4.74 Å². The number of para-hydroxylation sites is 2. The molecule has 1 aromatic rings. The Hall–Kier alpha value is -1.91. The maximum atomic E-state index is 11.6. The monoisotopic (exact) mass is 265 g/mol. The number of esters is 1. The van der Waals surface area contributed by atoms with E-state index < -0.39 is 10.9 Å². The molecule has 19 heavy (non-hydrogen) atoms. The number of ether oxygens (including phenoxy) is 1. The summed E-state index contributed by atoms with van der Waals surface area (Å²) in [6.45, 7) is 2.13. The van der Waals surface area contributed by atoms with Gasteiger partial charge in [0, 0.05) is 12.5 Å². The number of hydrogen-bond acceptors (Lipinski definition) is 4. The van der Waals surface area contributed by atoms with Crippen molar-refractivity contribution in [1.29, 1.82) is 0 Å². The highest BCUT2D eigenvalue weighted by Gasteiger charge is 2.16. The van der Waals surface area contributed by atoms with E-state index in [4.69, 9.17) is 4.74 Å². The summed E-state index contributed by atoms with van der Waals surface area (Å²) in [6, 6.07) is 5.91. The number of nitro benzene ring substituents is 1. The van der Waals surface area contributed by atoms with Gasteiger partial charge >= 0.3 is 11.7 Å². The summed E-state index contributed by atoms with van der Waals surface area (Å²) in [4.78, 5) is 21.8. The third-order valence-electron chi connectivity index (χ3n) is 2.77. The lowest BCUT2D eigenvalue weighted by molar-refractivity contribution is -0.385. The summed E-state index contributed by atoms with van der Waals surface area (Å²) >= 11 is 0. The van der Waals surface area contributed by atoms with Crippen molar-refractivity contribution < 1.29 is 14.5 Å². The van der Waals surface area contributed by atoms with E-state index in [0.29, 0.717) is 6.42 Å². The van der Waals surface area contributed by atoms with Crippen LogP contribution in [-0.4, -0.2) is 10.9 Å². The molecule has 0 aliphatic heterocycles. The molecule has 0 heterocycles. The summed E-state index contributed by atoms with van der Waals surface area (Å²) in [5.41, 5.74) is -0.179. The van der Waals surface area contributed by atoms with Gasteiger partial charge in [0.15, 0.2) is 0 Å². The van der Waals surface area contributed by atoms with Gasteiger partial charge in [-0.1, -0.05) is 44.7 Å². The molecule has 0 aliphatic carbocycles. The zero-order valence-electron chi connectivity index (χ0n) is 11.1. The standard InChI is InChI=1S/C14H19NO4/c1-2-3-4-5-6-11-14(16)19-13-10-8-7-9-12(13)15(17)18/h7-10H,2-6,11H2,1H3. The molecular formula is C14H19NO4. The van der Waals surface area contributed by atoms with E-state index in [0.717, 1.165) is 25.7 Å². The molecule has 0 aliphatic rings. The van der Waals surface area contributed by atoms with E-state index in [2.05, 4.69) is 6.92 Å². The number of carbonyl (C=O) groups excluding carboxylic acids is 1. The molecule has 0 radical (unpaired) electrons. The van der Waals surface area contributed by atoms with Crippen LogP contribution in [0.4, 0.5) is 5.69 Å². The summed E-state index contributed by atoms with van der Waals surface area (Å²) in [6.07, 6.45) is 5.48. The van der Waals surface area contributed by atoms with Crippen LogP contribution < -0.4 is 4.74 Å². The lowest BCUT2D eigenvalue weighted by Crippen LogP contribution is -2.08. The molecule has 0 atom stereocenters. The Bertz CT molecular complexity index is 431. The second-order valence-corrected chi connectivity index (χ2v) is 4.36. The Balaban J connectivity index is 2.42. The maximum absolute atomic E-state index is 11.6. The van der Waals surface area contributed by atoms with Gasteiger partial charge in [-0.05, 0) is 12.5 Å². The topological polar surface area (TPSA) is 69.4 Å². The van der Waals surface area contributed by atoms with E-state index >= 15 is 0 Å². The molecule has 0 unspecified atom stereocenters. The summed E-state index contributed by atoms with van der Waals surface area (Å²) in [5, 5.41) is 10.7. The molecule has 0 aromatic heterocycles. The molecule has 0 saturated heterocycles. The van der Waals surface area contributed by atoms with Gasteiger partial charge in [-0.15, -0.1) is 0 Å². The van der Waals surface area contributed by atoms with Gasteiger partial charge in [-0.2, -0.15) is 0 Å². The normalized spacial score (nSPS) is 10.2. The van der Waals surface area contributed by atoms with Crippen molar-refractivity contribution in [3.63, 3.8) is 0 Å². The molecule has 0 fully saturated rings. The molecule has 5 nitrogen and oxygen atoms in total. The third-order valence-corrected chi connectivity index (χ3v) is 2.77. The summed E-state index contributed by atoms with van der Waals surface area (Å²) < 4.78 is 5.03. The first-order valence-corrected chi connectivity index (χ1v) is 6.59. The van der Waals surface area contributed by atoms with Gasteiger partial charge in [0.2, 0.25) is 5.75 Å². The Kier molecular flexibility index (Phi) is 6.57. The summed E-state index contributed by atoms with van der Waals surface area (Å²) in [7, 11) is 0. The first-order valence-electron chi connectivity index (χ1n) is 6.59. The van der Waals surface area contributed by atoms with Crippen molar-refractivity contribution in [3.8, 4) is 5.75 Å². The van der Waals surface area contributed by atoms with Crippen LogP contribution in [0.2, 0.25) is 0 Å². The fourth-order valence-corrected chi connectivity index (χ4v) is 1.74. The smallest absolute Gasteiger partial charge is 0.311 e. The van der Waals surface area contributed by atoms with Crippen molar-refractivity contribution in [2.45, 2.75) is 45.4 Å². The van der Waals surface area contributed by atoms with Crippen LogP contribution in [0.5, 0.6) is 5.75 Å². The Labute approximate surface area is 112 Å². The zero-order valence-corrected chi connectivity index (χ0v) is 11.1. The van der Waals surface area contributed by atoms with Crippen LogP contribution in [0, 0.1) is 10.1 Å². The van der Waals surface area contributed by atoms with Crippen molar-refractivity contribution in [1.82, 2.24) is 0 Å². The molecule has 0 N–H and O–H groups in total. The Morgan fingerprint density at radius 1 is 1.21 bits per heavy atom. The number of unbranched alkanes of at least 4 members (excludes halogenated alkanes) is 4. The minimum atomic E-state index is -0.552. The molecule has 0 bridgehead atoms. The van der Waals surface area contributed by atoms with Crippen LogP contribution in [-0.2, 0) is 4.79 Å². The molecule has 104 valence electrons. The van der Waals surface area contributed by atoms with Crippen molar-refractivity contribution in [3.05, 3.63) is 34.4 Å². The number of carbonyl (C=O) groups is 1. The number of rotatable bonds is 8. The van der Waals surface area contributed by atoms with E-state index in [1.54, 1.807) is 12.1 Å². The van der Waals surface area contributed by atoms with Gasteiger partial charge in [0.1, 0.15) is 0 Å². The highest BCUT2D eigenvalue weighted by Crippen LogP contribution is 2.26. The minimum Gasteiger partial charge on any atom is -0.419 e. The van der Waals surface area contributed by atoms with Crippen LogP contribution in [0.3, 0.4) is 0 Å². The fourth-order valence-electron chi connectivity index (χ4n) is 1.74. The first-order chi connectivity index (χ1) is 9.15. The highest BCUT2D eigenvalue weighted by atomic mass is 16.6. The van der Waals surface area contributed by atoms with Crippen LogP contribution in [0.15, 0.2) is 24.3 Å². The predicted octanol–water partition coefficient (Wildman–Crippen LogP) is 3.86. The molecule has 0 amide bonds. The Morgan fingerprint density at radius 2 is 1.89 bits per heavy atom. The second-order valence-electron chi connectivity index (χ2n) is 4.36. The molecule has 5 heteroatoms. The Morgan fingerprint density at radius 3 is 2.58 bits per heavy atom. The predicted molar refractivity (Wildman–Crippen MR) is 72.1 cm³/mol. The largest absolute Gasteiger partial charge is 0.419 e. The summed E-state index contributed by atoms with van der Waals surface area (Å²) in [5.74, 6) is -0.392. The molecule has 0 spiro atoms. The number of hydrogen-bond donors (Lipinski definition) is 0. The third kappa shape index (κ3) is 5.50. The van der Waals surface area contributed by atoms with Crippen molar-refractivity contribution >= 4 is 11.7 Å². The van der Waals surface area contributed by atoms with E-state index in [9.17, 15) is 14.9 Å². The lowest BCUT2D eigenvalue weighted by Gasteiger charge is -2.04. The van der Waals surface area contributed by atoms with E-state index in [1.807, 2.05) is 0 Å². The van der Waals surface area contributed by atoms with Crippen LogP contribution in [0.1, 0.15) is 45.4 Å². The van der Waals surface area contributed by atoms with Gasteiger partial charge in [-0.3, -0.25) is 14.9 Å². The zero-order chi connectivity index (χ0) is 14.1. The highest BCUT2D eigenvalue weighted by molar-refractivity contribution is 5.73. The number of nitro groups is 1. The van der Waals surface area contributed by atoms with E-state index in [-0.39, 0.29) is 11.4 Å². The van der Waals surface area contributed by atoms with Gasteiger partial charge in [0.25, 0.3) is 0 Å². The van der Waals surface area contributed by atoms with Crippen LogP contribution in [0.25, 0.3) is 0 Å². The molecule has 1 rings (SSSR count). The maximum Gasteiger partial charge on any atom is 0.311 e. The number of benzene rings is 1. The average Bonchev–Trinajstić information content (AvgIpc) is 2.39. The van der Waals surface area contributed by atoms with Crippen molar-refractivity contribution in [2.24, 2.45) is 0 Å². The lowest BCUT2D eigenvalue weighted by atomic mass is 10.1. The molecule has 0 saturated carbocycles.